The zero-order valence-electron chi connectivity index (χ0n) is 9.43. The minimum absolute atomic E-state index is 0.736. The maximum Gasteiger partial charge on any atom is 0.147 e. The molecule has 2 rings (SSSR count). The van der Waals surface area contributed by atoms with Crippen molar-refractivity contribution in [3.05, 3.63) is 11.8 Å². The van der Waals surface area contributed by atoms with Gasteiger partial charge in [0, 0.05) is 24.7 Å². The Hall–Kier alpha value is -0.990. The summed E-state index contributed by atoms with van der Waals surface area (Å²) in [5.74, 6) is 1.69. The van der Waals surface area contributed by atoms with Crippen molar-refractivity contribution in [2.24, 2.45) is 0 Å². The summed E-state index contributed by atoms with van der Waals surface area (Å²) in [6.45, 7) is 4.00. The molecule has 80 valence electrons. The average Bonchev–Trinajstić information content (AvgIpc) is 2.91. The number of aromatic amines is 1. The Balaban J connectivity index is 0.000000461. The summed E-state index contributed by atoms with van der Waals surface area (Å²) >= 11 is 0. The molecule has 1 aromatic heterocycles. The number of nitrogens with zero attached hydrogens (tertiary/aromatic N) is 1. The van der Waals surface area contributed by atoms with Gasteiger partial charge in [-0.05, 0) is 12.8 Å². The van der Waals surface area contributed by atoms with Gasteiger partial charge in [-0.15, -0.1) is 0 Å². The van der Waals surface area contributed by atoms with Gasteiger partial charge in [-0.3, -0.25) is 5.10 Å². The second kappa shape index (κ2) is 5.68. The van der Waals surface area contributed by atoms with Crippen LogP contribution >= 0.6 is 0 Å². The first kappa shape index (κ1) is 11.1. The van der Waals surface area contributed by atoms with Crippen LogP contribution in [0.4, 0.5) is 5.82 Å². The number of anilines is 1. The summed E-state index contributed by atoms with van der Waals surface area (Å²) in [7, 11) is 1.90. The first-order valence-corrected chi connectivity index (χ1v) is 5.63. The molecular weight excluding hydrogens is 174 g/mol. The normalized spacial score (nSPS) is 16.2. The molecule has 0 atom stereocenters. The Kier molecular flexibility index (Phi) is 4.50. The summed E-state index contributed by atoms with van der Waals surface area (Å²) in [6, 6.07) is 2.12. The van der Waals surface area contributed by atoms with Crippen LogP contribution in [0.25, 0.3) is 0 Å². The number of aromatic nitrogens is 2. The van der Waals surface area contributed by atoms with Crippen LogP contribution in [0.3, 0.4) is 0 Å². The fourth-order valence-corrected chi connectivity index (χ4v) is 1.91. The van der Waals surface area contributed by atoms with Gasteiger partial charge in [-0.1, -0.05) is 26.7 Å². The highest BCUT2D eigenvalue weighted by Gasteiger charge is 2.18. The minimum atomic E-state index is 0.736. The van der Waals surface area contributed by atoms with E-state index in [1.807, 2.05) is 20.9 Å². The number of nitrogens with one attached hydrogen (secondary N) is 2. The van der Waals surface area contributed by atoms with E-state index in [2.05, 4.69) is 21.6 Å². The predicted octanol–water partition coefficient (Wildman–Crippen LogP) is 3.14. The van der Waals surface area contributed by atoms with E-state index in [1.54, 1.807) is 0 Å². The molecule has 0 radical (unpaired) electrons. The van der Waals surface area contributed by atoms with Crippen LogP contribution in [0.1, 0.15) is 51.1 Å². The van der Waals surface area contributed by atoms with Gasteiger partial charge in [-0.25, -0.2) is 0 Å². The summed E-state index contributed by atoms with van der Waals surface area (Å²) < 4.78 is 0. The molecule has 0 unspecified atom stereocenters. The van der Waals surface area contributed by atoms with Gasteiger partial charge in [0.1, 0.15) is 5.82 Å². The molecule has 1 fully saturated rings. The van der Waals surface area contributed by atoms with E-state index in [0.29, 0.717) is 0 Å². The Bertz CT molecular complexity index is 249. The molecule has 1 saturated carbocycles. The summed E-state index contributed by atoms with van der Waals surface area (Å²) in [4.78, 5) is 0. The summed E-state index contributed by atoms with van der Waals surface area (Å²) in [6.07, 6.45) is 5.40. The third kappa shape index (κ3) is 2.50. The van der Waals surface area contributed by atoms with Crippen LogP contribution in [0.5, 0.6) is 0 Å². The van der Waals surface area contributed by atoms with E-state index in [9.17, 15) is 0 Å². The van der Waals surface area contributed by atoms with Crippen molar-refractivity contribution >= 4 is 5.82 Å². The van der Waals surface area contributed by atoms with Crippen molar-refractivity contribution in [2.45, 2.75) is 45.4 Å². The third-order valence-corrected chi connectivity index (χ3v) is 2.65. The molecule has 1 heterocycles. The Labute approximate surface area is 86.3 Å². The first-order chi connectivity index (χ1) is 6.90. The Morgan fingerprint density at radius 2 is 2.00 bits per heavy atom. The summed E-state index contributed by atoms with van der Waals surface area (Å²) in [5, 5.41) is 10.3. The highest BCUT2D eigenvalue weighted by molar-refractivity contribution is 5.35. The van der Waals surface area contributed by atoms with Gasteiger partial charge in [0.15, 0.2) is 0 Å². The second-order valence-electron chi connectivity index (χ2n) is 3.44. The number of hydrogen-bond donors (Lipinski definition) is 2. The minimum Gasteiger partial charge on any atom is -0.372 e. The molecule has 0 amide bonds. The molecule has 0 aliphatic heterocycles. The van der Waals surface area contributed by atoms with Crippen molar-refractivity contribution in [3.8, 4) is 0 Å². The van der Waals surface area contributed by atoms with Gasteiger partial charge in [0.2, 0.25) is 0 Å². The van der Waals surface area contributed by atoms with E-state index in [1.165, 1.54) is 31.4 Å². The topological polar surface area (TPSA) is 40.7 Å². The molecule has 2 N–H and O–H groups in total. The zero-order valence-corrected chi connectivity index (χ0v) is 9.43. The first-order valence-electron chi connectivity index (χ1n) is 5.63. The zero-order chi connectivity index (χ0) is 10.4. The molecule has 3 nitrogen and oxygen atoms in total. The molecule has 3 heteroatoms. The highest BCUT2D eigenvalue weighted by Crippen LogP contribution is 2.33. The van der Waals surface area contributed by atoms with Gasteiger partial charge in [0.25, 0.3) is 0 Å². The van der Waals surface area contributed by atoms with E-state index < -0.39 is 0 Å². The lowest BCUT2D eigenvalue weighted by molar-refractivity contribution is 0.693. The summed E-state index contributed by atoms with van der Waals surface area (Å²) in [5.41, 5.74) is 1.30. The fourth-order valence-electron chi connectivity index (χ4n) is 1.91. The smallest absolute Gasteiger partial charge is 0.147 e. The van der Waals surface area contributed by atoms with Crippen LogP contribution < -0.4 is 5.32 Å². The van der Waals surface area contributed by atoms with Crippen LogP contribution in [0, 0.1) is 0 Å². The number of rotatable bonds is 2. The van der Waals surface area contributed by atoms with E-state index in [-0.39, 0.29) is 0 Å². The van der Waals surface area contributed by atoms with Crippen LogP contribution in [-0.2, 0) is 0 Å². The maximum atomic E-state index is 4.14. The molecule has 14 heavy (non-hydrogen) atoms. The number of hydrogen-bond acceptors (Lipinski definition) is 2. The van der Waals surface area contributed by atoms with Crippen molar-refractivity contribution in [2.75, 3.05) is 12.4 Å². The fraction of sp³-hybridized carbons (Fsp3) is 0.727. The lowest BCUT2D eigenvalue weighted by Crippen LogP contribution is -1.91. The van der Waals surface area contributed by atoms with Crippen molar-refractivity contribution in [1.82, 2.24) is 10.2 Å². The van der Waals surface area contributed by atoms with Crippen molar-refractivity contribution in [1.29, 1.82) is 0 Å². The van der Waals surface area contributed by atoms with Crippen molar-refractivity contribution < 1.29 is 0 Å². The standard InChI is InChI=1S/C9H15N3.C2H6/c1-10-9-6-8(11-12-9)7-4-2-3-5-7;1-2/h6-7H,2-5H2,1H3,(H2,10,11,12);1-2H3. The quantitative estimate of drug-likeness (QED) is 0.761. The average molecular weight is 195 g/mol. The maximum absolute atomic E-state index is 4.14. The molecule has 1 aliphatic carbocycles. The van der Waals surface area contributed by atoms with E-state index in [0.717, 1.165) is 11.7 Å². The Morgan fingerprint density at radius 3 is 2.50 bits per heavy atom. The molecule has 0 spiro atoms. The molecule has 1 aliphatic rings. The van der Waals surface area contributed by atoms with Gasteiger partial charge < -0.3 is 5.32 Å². The number of H-pyrrole nitrogens is 1. The van der Waals surface area contributed by atoms with Gasteiger partial charge in [-0.2, -0.15) is 5.10 Å². The van der Waals surface area contributed by atoms with Crippen LogP contribution in [0.2, 0.25) is 0 Å². The monoisotopic (exact) mass is 195 g/mol. The van der Waals surface area contributed by atoms with Crippen LogP contribution in [-0.4, -0.2) is 17.2 Å². The van der Waals surface area contributed by atoms with E-state index >= 15 is 0 Å². The molecule has 0 bridgehead atoms. The molecule has 0 aromatic carbocycles. The molecular formula is C11H21N3. The van der Waals surface area contributed by atoms with Crippen LogP contribution in [0.15, 0.2) is 6.07 Å². The van der Waals surface area contributed by atoms with E-state index in [4.69, 9.17) is 0 Å². The largest absolute Gasteiger partial charge is 0.372 e. The van der Waals surface area contributed by atoms with Gasteiger partial charge >= 0.3 is 0 Å². The van der Waals surface area contributed by atoms with Crippen molar-refractivity contribution in [3.63, 3.8) is 0 Å². The lowest BCUT2D eigenvalue weighted by atomic mass is 10.0. The lowest BCUT2D eigenvalue weighted by Gasteiger charge is -2.03. The Morgan fingerprint density at radius 1 is 1.36 bits per heavy atom. The van der Waals surface area contributed by atoms with Gasteiger partial charge in [0.05, 0.1) is 0 Å². The SMILES string of the molecule is CC.CNc1cc(C2CCCC2)[nH]n1. The predicted molar refractivity (Wildman–Crippen MR) is 60.7 cm³/mol. The second-order valence-corrected chi connectivity index (χ2v) is 3.44. The third-order valence-electron chi connectivity index (χ3n) is 2.65. The molecule has 1 aromatic rings. The highest BCUT2D eigenvalue weighted by atomic mass is 15.2. The molecule has 0 saturated heterocycles.